The van der Waals surface area contributed by atoms with E-state index in [4.69, 9.17) is 18.9 Å². The van der Waals surface area contributed by atoms with Crippen LogP contribution >= 0.6 is 23.1 Å². The fraction of sp³-hybridized carbons (Fsp3) is 0.282. The first-order valence-electron chi connectivity index (χ1n) is 16.7. The molecule has 0 spiro atoms. The number of hydrogen-bond acceptors (Lipinski definition) is 10. The van der Waals surface area contributed by atoms with Crippen molar-refractivity contribution in [3.05, 3.63) is 99.6 Å². The van der Waals surface area contributed by atoms with E-state index in [1.807, 2.05) is 13.0 Å². The van der Waals surface area contributed by atoms with E-state index >= 15 is 0 Å². The summed E-state index contributed by atoms with van der Waals surface area (Å²) in [7, 11) is 5.83. The van der Waals surface area contributed by atoms with Gasteiger partial charge >= 0.3 is 5.97 Å². The summed E-state index contributed by atoms with van der Waals surface area (Å²) in [5, 5.41) is 8.66. The quantitative estimate of drug-likeness (QED) is 0.0687. The van der Waals surface area contributed by atoms with E-state index in [9.17, 15) is 19.2 Å². The Kier molecular flexibility index (Phi) is 13.0. The molecule has 52 heavy (non-hydrogen) atoms. The summed E-state index contributed by atoms with van der Waals surface area (Å²) in [5.41, 5.74) is 2.65. The van der Waals surface area contributed by atoms with Crippen LogP contribution in [0.4, 0.5) is 10.7 Å². The van der Waals surface area contributed by atoms with Crippen LogP contribution < -0.4 is 30.2 Å². The zero-order valence-corrected chi connectivity index (χ0v) is 31.3. The maximum absolute atomic E-state index is 13.9. The van der Waals surface area contributed by atoms with Gasteiger partial charge in [-0.3, -0.25) is 14.4 Å². The van der Waals surface area contributed by atoms with Gasteiger partial charge in [-0.1, -0.05) is 31.2 Å². The van der Waals surface area contributed by atoms with Gasteiger partial charge in [0.25, 0.3) is 11.8 Å². The summed E-state index contributed by atoms with van der Waals surface area (Å²) in [6.45, 7) is 1.92. The molecule has 0 radical (unpaired) electrons. The number of thioether (sulfide) groups is 1. The lowest BCUT2D eigenvalue weighted by Gasteiger charge is -2.16. The predicted molar refractivity (Wildman–Crippen MR) is 204 cm³/mol. The molecule has 3 aromatic carbocycles. The Morgan fingerprint density at radius 1 is 0.846 bits per heavy atom. The molecule has 272 valence electrons. The van der Waals surface area contributed by atoms with Crippen LogP contribution in [0.5, 0.6) is 17.2 Å². The molecule has 1 atom stereocenters. The first-order valence-corrected chi connectivity index (χ1v) is 18.4. The highest BCUT2D eigenvalue weighted by Gasteiger charge is 2.29. The predicted octanol–water partition coefficient (Wildman–Crippen LogP) is 7.36. The first kappa shape index (κ1) is 38.0. The Hall–Kier alpha value is -5.27. The molecule has 3 amide bonds. The minimum atomic E-state index is -0.593. The van der Waals surface area contributed by atoms with Crippen LogP contribution in [-0.2, 0) is 27.2 Å². The van der Waals surface area contributed by atoms with Crippen molar-refractivity contribution in [3.8, 4) is 17.2 Å². The van der Waals surface area contributed by atoms with E-state index in [2.05, 4.69) is 16.0 Å². The van der Waals surface area contributed by atoms with Crippen LogP contribution in [0.1, 0.15) is 62.9 Å². The first-order chi connectivity index (χ1) is 25.2. The summed E-state index contributed by atoms with van der Waals surface area (Å²) in [6, 6.07) is 18.9. The lowest BCUT2D eigenvalue weighted by atomic mass is 9.95. The number of hydrogen-bond donors (Lipinski definition) is 3. The van der Waals surface area contributed by atoms with E-state index in [1.165, 1.54) is 57.6 Å². The highest BCUT2D eigenvalue weighted by molar-refractivity contribution is 8.00. The zero-order chi connectivity index (χ0) is 37.2. The largest absolute Gasteiger partial charge is 0.496 e. The topological polar surface area (TPSA) is 141 Å². The Labute approximate surface area is 311 Å². The van der Waals surface area contributed by atoms with Crippen molar-refractivity contribution in [2.75, 3.05) is 39.1 Å². The van der Waals surface area contributed by atoms with E-state index in [0.717, 1.165) is 41.0 Å². The van der Waals surface area contributed by atoms with Crippen molar-refractivity contribution in [3.63, 3.8) is 0 Å². The second-order valence-corrected chi connectivity index (χ2v) is 14.1. The van der Waals surface area contributed by atoms with Gasteiger partial charge in [0.2, 0.25) is 5.91 Å². The molecule has 0 bridgehead atoms. The van der Waals surface area contributed by atoms with Crippen molar-refractivity contribution < 1.29 is 38.1 Å². The van der Waals surface area contributed by atoms with E-state index in [0.29, 0.717) is 51.0 Å². The molecular weight excluding hydrogens is 703 g/mol. The Bertz CT molecular complexity index is 1980. The minimum absolute atomic E-state index is 0.0525. The SMILES string of the molecule is CCC(Sc1cccc(NC(=O)/C(=C\c2cc(OC)c(OC)cc2OC)NC(=O)c2ccccc2)c1)C(=O)Nc1sc2c(c1C(=O)OC)CCCC2. The summed E-state index contributed by atoms with van der Waals surface area (Å²) in [6.07, 6.45) is 5.70. The number of rotatable bonds is 14. The highest BCUT2D eigenvalue weighted by atomic mass is 32.2. The van der Waals surface area contributed by atoms with Gasteiger partial charge < -0.3 is 34.9 Å². The maximum Gasteiger partial charge on any atom is 0.341 e. The third-order valence-corrected chi connectivity index (χ3v) is 11.0. The van der Waals surface area contributed by atoms with Crippen molar-refractivity contribution in [2.45, 2.75) is 49.2 Å². The molecule has 1 heterocycles. The highest BCUT2D eigenvalue weighted by Crippen LogP contribution is 2.40. The number of anilines is 2. The molecule has 4 aromatic rings. The van der Waals surface area contributed by atoms with Gasteiger partial charge in [-0.05, 0) is 80.1 Å². The van der Waals surface area contributed by atoms with Gasteiger partial charge in [0, 0.05) is 32.7 Å². The number of benzene rings is 3. The normalized spacial score (nSPS) is 12.9. The Morgan fingerprint density at radius 2 is 1.56 bits per heavy atom. The molecule has 0 saturated heterocycles. The second kappa shape index (κ2) is 17.8. The third kappa shape index (κ3) is 8.96. The molecule has 0 saturated carbocycles. The summed E-state index contributed by atoms with van der Waals surface area (Å²) < 4.78 is 21.5. The van der Waals surface area contributed by atoms with Crippen molar-refractivity contribution in [2.24, 2.45) is 0 Å². The molecule has 0 fully saturated rings. The number of thiophene rings is 1. The zero-order valence-electron chi connectivity index (χ0n) is 29.6. The van der Waals surface area contributed by atoms with Gasteiger partial charge in [0.05, 0.1) is 39.3 Å². The number of esters is 1. The number of carbonyl (C=O) groups is 4. The van der Waals surface area contributed by atoms with Crippen LogP contribution in [0.3, 0.4) is 0 Å². The van der Waals surface area contributed by atoms with Crippen molar-refractivity contribution in [1.82, 2.24) is 5.32 Å². The second-order valence-electron chi connectivity index (χ2n) is 11.7. The fourth-order valence-electron chi connectivity index (χ4n) is 5.76. The number of amides is 3. The molecule has 3 N–H and O–H groups in total. The number of carbonyl (C=O) groups excluding carboxylic acids is 4. The molecule has 5 rings (SSSR count). The molecule has 1 aliphatic carbocycles. The summed E-state index contributed by atoms with van der Waals surface area (Å²) in [4.78, 5) is 55.3. The van der Waals surface area contributed by atoms with Crippen molar-refractivity contribution >= 4 is 63.6 Å². The standard InChI is InChI=1S/C39H41N3O8S2/c1-6-32(37(45)42-38-34(39(46)50-5)27-17-10-11-18-33(27)52-38)51-26-16-12-15-25(21-26)40-36(44)28(41-35(43)23-13-8-7-9-14-23)19-24-20-30(48-3)31(49-4)22-29(24)47-2/h7-9,12-16,19-22,32H,6,10-11,17-18H2,1-5H3,(H,40,44)(H,41,43)(H,42,45)/b28-19+. The summed E-state index contributed by atoms with van der Waals surface area (Å²) >= 11 is 2.79. The maximum atomic E-state index is 13.9. The van der Waals surface area contributed by atoms with Crippen LogP contribution in [0.15, 0.2) is 77.3 Å². The monoisotopic (exact) mass is 743 g/mol. The molecule has 13 heteroatoms. The van der Waals surface area contributed by atoms with Gasteiger partial charge in [0.15, 0.2) is 11.5 Å². The van der Waals surface area contributed by atoms with Crippen LogP contribution in [0, 0.1) is 0 Å². The lowest BCUT2D eigenvalue weighted by molar-refractivity contribution is -0.116. The smallest absolute Gasteiger partial charge is 0.341 e. The number of fused-ring (bicyclic) bond motifs is 1. The fourth-order valence-corrected chi connectivity index (χ4v) is 8.05. The number of aryl methyl sites for hydroxylation is 1. The number of methoxy groups -OCH3 is 4. The number of nitrogens with one attached hydrogen (secondary N) is 3. The van der Waals surface area contributed by atoms with Gasteiger partial charge in [-0.2, -0.15) is 0 Å². The summed E-state index contributed by atoms with van der Waals surface area (Å²) in [5.74, 6) is -0.527. The molecular formula is C39H41N3O8S2. The van der Waals surface area contributed by atoms with Crippen molar-refractivity contribution in [1.29, 1.82) is 0 Å². The van der Waals surface area contributed by atoms with Gasteiger partial charge in [-0.25, -0.2) is 4.79 Å². The van der Waals surface area contributed by atoms with Gasteiger partial charge in [0.1, 0.15) is 16.4 Å². The van der Waals surface area contributed by atoms with E-state index in [1.54, 1.807) is 60.7 Å². The Morgan fingerprint density at radius 3 is 2.25 bits per heavy atom. The number of ether oxygens (including phenoxy) is 4. The Balaban J connectivity index is 1.37. The van der Waals surface area contributed by atoms with Crippen LogP contribution in [-0.4, -0.2) is 57.4 Å². The van der Waals surface area contributed by atoms with E-state index < -0.39 is 23.0 Å². The molecule has 11 nitrogen and oxygen atoms in total. The average Bonchev–Trinajstić information content (AvgIpc) is 3.54. The average molecular weight is 744 g/mol. The molecule has 0 aliphatic heterocycles. The lowest BCUT2D eigenvalue weighted by Crippen LogP contribution is -2.30. The minimum Gasteiger partial charge on any atom is -0.496 e. The molecule has 1 unspecified atom stereocenters. The van der Waals surface area contributed by atoms with Crippen LogP contribution in [0.2, 0.25) is 0 Å². The van der Waals surface area contributed by atoms with Gasteiger partial charge in [-0.15, -0.1) is 23.1 Å². The molecule has 1 aromatic heterocycles. The van der Waals surface area contributed by atoms with Crippen LogP contribution in [0.25, 0.3) is 6.08 Å². The molecule has 1 aliphatic rings. The third-order valence-electron chi connectivity index (χ3n) is 8.40. The van der Waals surface area contributed by atoms with E-state index in [-0.39, 0.29) is 11.6 Å².